The van der Waals surface area contributed by atoms with E-state index >= 15 is 0 Å². The Balaban J connectivity index is 2.05. The minimum absolute atomic E-state index is 0.0428. The molecule has 6 heteroatoms. The number of benzene rings is 1. The topological polar surface area (TPSA) is 91.0 Å². The molecule has 0 saturated carbocycles. The third-order valence-electron chi connectivity index (χ3n) is 6.14. The molecule has 4 atom stereocenters. The van der Waals surface area contributed by atoms with Gasteiger partial charge in [-0.3, -0.25) is 4.79 Å². The van der Waals surface area contributed by atoms with Crippen LogP contribution in [0.5, 0.6) is 11.5 Å². The van der Waals surface area contributed by atoms with Gasteiger partial charge < -0.3 is 25.1 Å². The highest BCUT2D eigenvalue weighted by Gasteiger charge is 2.39. The van der Waals surface area contributed by atoms with Crippen LogP contribution in [0.15, 0.2) is 18.2 Å². The molecular weight excluding hydrogens is 382 g/mol. The molecule has 1 aliphatic rings. The molecule has 1 heterocycles. The molecule has 1 aromatic rings. The second-order valence-electron chi connectivity index (χ2n) is 9.08. The van der Waals surface area contributed by atoms with E-state index in [1.54, 1.807) is 7.11 Å². The third kappa shape index (κ3) is 6.61. The van der Waals surface area contributed by atoms with Gasteiger partial charge in [-0.25, -0.2) is 0 Å². The van der Waals surface area contributed by atoms with E-state index in [9.17, 15) is 4.79 Å². The van der Waals surface area contributed by atoms with Crippen molar-refractivity contribution in [3.05, 3.63) is 23.8 Å². The van der Waals surface area contributed by atoms with Crippen molar-refractivity contribution < 1.29 is 24.1 Å². The first-order valence-electron chi connectivity index (χ1n) is 11.1. The van der Waals surface area contributed by atoms with E-state index < -0.39 is 0 Å². The first-order chi connectivity index (χ1) is 14.3. The van der Waals surface area contributed by atoms with Gasteiger partial charge in [0.05, 0.1) is 19.6 Å². The van der Waals surface area contributed by atoms with Gasteiger partial charge >= 0.3 is 5.97 Å². The molecule has 0 aromatic heterocycles. The largest absolute Gasteiger partial charge is 0.493 e. The Labute approximate surface area is 181 Å². The van der Waals surface area contributed by atoms with Gasteiger partial charge in [0.15, 0.2) is 11.5 Å². The average molecular weight is 422 g/mol. The van der Waals surface area contributed by atoms with Gasteiger partial charge in [-0.15, -0.1) is 0 Å². The summed E-state index contributed by atoms with van der Waals surface area (Å²) in [4.78, 5) is 12.1. The highest BCUT2D eigenvalue weighted by molar-refractivity contribution is 5.75. The monoisotopic (exact) mass is 421 g/mol. The zero-order chi connectivity index (χ0) is 22.3. The Morgan fingerprint density at radius 3 is 2.53 bits per heavy atom. The van der Waals surface area contributed by atoms with Crippen molar-refractivity contribution in [2.75, 3.05) is 20.3 Å². The molecule has 0 aliphatic carbocycles. The number of esters is 1. The standard InChI is InChI=1S/C24H39NO5/c1-15(2)18(13-20(25)22-14-19(16(3)4)24(27)30-22)11-17-7-8-21(28-5)23(12-17)29-10-6-9-26/h7-8,12,15-16,18-20,22,26H,6,9-11,13-14,25H2,1-5H3/t18-,19-,20-,22+/m0/s1. The second-order valence-corrected chi connectivity index (χ2v) is 9.08. The summed E-state index contributed by atoms with van der Waals surface area (Å²) < 4.78 is 16.8. The third-order valence-corrected chi connectivity index (χ3v) is 6.14. The van der Waals surface area contributed by atoms with Crippen LogP contribution >= 0.6 is 0 Å². The summed E-state index contributed by atoms with van der Waals surface area (Å²) >= 11 is 0. The van der Waals surface area contributed by atoms with Crippen LogP contribution in [0.3, 0.4) is 0 Å². The lowest BCUT2D eigenvalue weighted by molar-refractivity contribution is -0.146. The predicted molar refractivity (Wildman–Crippen MR) is 118 cm³/mol. The van der Waals surface area contributed by atoms with Crippen LogP contribution in [0, 0.1) is 23.7 Å². The van der Waals surface area contributed by atoms with Crippen molar-refractivity contribution in [1.82, 2.24) is 0 Å². The quantitative estimate of drug-likeness (QED) is 0.396. The fourth-order valence-electron chi connectivity index (χ4n) is 4.04. The van der Waals surface area contributed by atoms with Gasteiger partial charge in [0.2, 0.25) is 0 Å². The number of hydrogen-bond acceptors (Lipinski definition) is 6. The maximum atomic E-state index is 12.1. The normalized spacial score (nSPS) is 21.0. The van der Waals surface area contributed by atoms with Gasteiger partial charge in [-0.05, 0) is 54.7 Å². The number of hydrogen-bond donors (Lipinski definition) is 2. The zero-order valence-corrected chi connectivity index (χ0v) is 19.1. The number of ether oxygens (including phenoxy) is 3. The maximum Gasteiger partial charge on any atom is 0.309 e. The summed E-state index contributed by atoms with van der Waals surface area (Å²) in [6.45, 7) is 9.06. The van der Waals surface area contributed by atoms with Crippen molar-refractivity contribution in [3.8, 4) is 11.5 Å². The predicted octanol–water partition coefficient (Wildman–Crippen LogP) is 3.58. The molecule has 0 radical (unpaired) electrons. The van der Waals surface area contributed by atoms with Gasteiger partial charge in [-0.2, -0.15) is 0 Å². The lowest BCUT2D eigenvalue weighted by Crippen LogP contribution is -2.37. The fraction of sp³-hybridized carbons (Fsp3) is 0.708. The van der Waals surface area contributed by atoms with E-state index in [-0.39, 0.29) is 36.6 Å². The first kappa shape index (κ1) is 24.5. The summed E-state index contributed by atoms with van der Waals surface area (Å²) in [6.07, 6.45) is 2.76. The van der Waals surface area contributed by atoms with Crippen molar-refractivity contribution in [3.63, 3.8) is 0 Å². The molecule has 3 N–H and O–H groups in total. The van der Waals surface area contributed by atoms with E-state index in [1.165, 1.54) is 0 Å². The molecule has 30 heavy (non-hydrogen) atoms. The van der Waals surface area contributed by atoms with Crippen LogP contribution < -0.4 is 15.2 Å². The molecular formula is C24H39NO5. The molecule has 0 bridgehead atoms. The van der Waals surface area contributed by atoms with E-state index in [0.717, 1.165) is 18.4 Å². The molecule has 1 aliphatic heterocycles. The molecule has 1 aromatic carbocycles. The molecule has 1 fully saturated rings. The number of cyclic esters (lactones) is 1. The lowest BCUT2D eigenvalue weighted by Gasteiger charge is -2.27. The molecule has 0 amide bonds. The van der Waals surface area contributed by atoms with Gasteiger partial charge in [0, 0.05) is 19.1 Å². The number of aliphatic hydroxyl groups is 1. The Hall–Kier alpha value is -1.79. The Morgan fingerprint density at radius 1 is 1.23 bits per heavy atom. The van der Waals surface area contributed by atoms with Crippen LogP contribution in [-0.4, -0.2) is 43.5 Å². The van der Waals surface area contributed by atoms with E-state index in [1.807, 2.05) is 12.1 Å². The van der Waals surface area contributed by atoms with Crippen molar-refractivity contribution in [2.45, 2.75) is 65.5 Å². The Bertz CT molecular complexity index is 676. The van der Waals surface area contributed by atoms with Crippen LogP contribution in [0.4, 0.5) is 0 Å². The number of carbonyl (C=O) groups excluding carboxylic acids is 1. The van der Waals surface area contributed by atoms with Crippen molar-refractivity contribution in [1.29, 1.82) is 0 Å². The number of methoxy groups -OCH3 is 1. The first-order valence-corrected chi connectivity index (χ1v) is 11.1. The second kappa shape index (κ2) is 11.6. The summed E-state index contributed by atoms with van der Waals surface area (Å²) in [7, 11) is 1.62. The minimum atomic E-state index is -0.195. The van der Waals surface area contributed by atoms with E-state index in [4.69, 9.17) is 25.1 Å². The lowest BCUT2D eigenvalue weighted by atomic mass is 9.82. The molecule has 0 spiro atoms. The summed E-state index contributed by atoms with van der Waals surface area (Å²) in [5.41, 5.74) is 7.66. The van der Waals surface area contributed by atoms with Gasteiger partial charge in [0.25, 0.3) is 0 Å². The maximum absolute atomic E-state index is 12.1. The number of rotatable bonds is 12. The number of carbonyl (C=O) groups is 1. The van der Waals surface area contributed by atoms with E-state index in [0.29, 0.717) is 42.8 Å². The molecule has 0 unspecified atom stereocenters. The smallest absolute Gasteiger partial charge is 0.309 e. The van der Waals surface area contributed by atoms with Gasteiger partial charge in [-0.1, -0.05) is 33.8 Å². The molecule has 1 saturated heterocycles. The average Bonchev–Trinajstić information content (AvgIpc) is 3.10. The minimum Gasteiger partial charge on any atom is -0.493 e. The van der Waals surface area contributed by atoms with Crippen LogP contribution in [-0.2, 0) is 16.0 Å². The molecule has 2 rings (SSSR count). The summed E-state index contributed by atoms with van der Waals surface area (Å²) in [5.74, 6) is 2.31. The van der Waals surface area contributed by atoms with Crippen LogP contribution in [0.2, 0.25) is 0 Å². The van der Waals surface area contributed by atoms with Crippen molar-refractivity contribution >= 4 is 5.97 Å². The summed E-state index contributed by atoms with van der Waals surface area (Å²) in [6, 6.07) is 5.83. The SMILES string of the molecule is COc1ccc(C[C@@H](C[C@H](N)[C@H]2C[C@@H](C(C)C)C(=O)O2)C(C)C)cc1OCCCO. The van der Waals surface area contributed by atoms with E-state index in [2.05, 4.69) is 33.8 Å². The van der Waals surface area contributed by atoms with Crippen molar-refractivity contribution in [2.24, 2.45) is 29.4 Å². The van der Waals surface area contributed by atoms with Crippen LogP contribution in [0.1, 0.15) is 52.5 Å². The Morgan fingerprint density at radius 2 is 1.97 bits per heavy atom. The highest BCUT2D eigenvalue weighted by Crippen LogP contribution is 2.34. The van der Waals surface area contributed by atoms with Gasteiger partial charge in [0.1, 0.15) is 6.10 Å². The fourth-order valence-corrected chi connectivity index (χ4v) is 4.04. The van der Waals surface area contributed by atoms with Crippen LogP contribution in [0.25, 0.3) is 0 Å². The zero-order valence-electron chi connectivity index (χ0n) is 19.1. The Kier molecular flexibility index (Phi) is 9.43. The molecule has 6 nitrogen and oxygen atoms in total. The number of nitrogens with two attached hydrogens (primary N) is 1. The summed E-state index contributed by atoms with van der Waals surface area (Å²) in [5, 5.41) is 8.99. The number of aliphatic hydroxyl groups excluding tert-OH is 1. The molecule has 170 valence electrons. The highest BCUT2D eigenvalue weighted by atomic mass is 16.6.